The summed E-state index contributed by atoms with van der Waals surface area (Å²) in [5.74, 6) is -1.24. The molecule has 1 aliphatic carbocycles. The summed E-state index contributed by atoms with van der Waals surface area (Å²) in [5.41, 5.74) is 0.947. The summed E-state index contributed by atoms with van der Waals surface area (Å²) in [6.45, 7) is 1.45. The molecule has 1 aromatic carbocycles. The van der Waals surface area contributed by atoms with Gasteiger partial charge in [0.05, 0.1) is 17.5 Å². The zero-order valence-electron chi connectivity index (χ0n) is 11.5. The van der Waals surface area contributed by atoms with E-state index in [-0.39, 0.29) is 29.4 Å². The summed E-state index contributed by atoms with van der Waals surface area (Å²) in [6, 6.07) is 6.61. The Kier molecular flexibility index (Phi) is 3.41. The molecule has 1 saturated heterocycles. The van der Waals surface area contributed by atoms with Gasteiger partial charge in [-0.1, -0.05) is 29.8 Å². The van der Waals surface area contributed by atoms with E-state index in [1.165, 1.54) is 11.8 Å². The van der Waals surface area contributed by atoms with Gasteiger partial charge >= 0.3 is 0 Å². The molecule has 21 heavy (non-hydrogen) atoms. The molecule has 2 atom stereocenters. The van der Waals surface area contributed by atoms with Crippen molar-refractivity contribution in [1.82, 2.24) is 0 Å². The van der Waals surface area contributed by atoms with Gasteiger partial charge in [-0.3, -0.25) is 19.3 Å². The number of carbonyl (C=O) groups is 3. The molecule has 3 rings (SSSR count). The lowest BCUT2D eigenvalue weighted by Gasteiger charge is -2.17. The van der Waals surface area contributed by atoms with Crippen LogP contribution in [0.15, 0.2) is 35.4 Å². The fourth-order valence-corrected chi connectivity index (χ4v) is 3.20. The van der Waals surface area contributed by atoms with Gasteiger partial charge < -0.3 is 0 Å². The van der Waals surface area contributed by atoms with E-state index < -0.39 is 0 Å². The van der Waals surface area contributed by atoms with E-state index in [4.69, 9.17) is 11.6 Å². The number of amides is 2. The van der Waals surface area contributed by atoms with E-state index in [0.717, 1.165) is 0 Å². The smallest absolute Gasteiger partial charge is 0.238 e. The Morgan fingerprint density at radius 1 is 1.24 bits per heavy atom. The monoisotopic (exact) mass is 303 g/mol. The van der Waals surface area contributed by atoms with Crippen LogP contribution in [0.2, 0.25) is 0 Å². The molecule has 1 fully saturated rings. The maximum Gasteiger partial charge on any atom is 0.238 e. The average Bonchev–Trinajstić information content (AvgIpc) is 2.70. The Hall–Kier alpha value is -1.94. The zero-order valence-corrected chi connectivity index (χ0v) is 12.3. The first-order valence-electron chi connectivity index (χ1n) is 6.82. The third kappa shape index (κ3) is 2.29. The molecule has 0 N–H and O–H groups in total. The number of anilines is 1. The van der Waals surface area contributed by atoms with E-state index in [1.54, 1.807) is 24.3 Å². The normalized spacial score (nSPS) is 24.9. The van der Waals surface area contributed by atoms with E-state index >= 15 is 0 Å². The summed E-state index contributed by atoms with van der Waals surface area (Å²) < 4.78 is 0. The minimum atomic E-state index is -0.379. The molecule has 1 aliphatic heterocycles. The Bertz CT molecular complexity index is 680. The van der Waals surface area contributed by atoms with Crippen LogP contribution in [0.25, 0.3) is 0 Å². The topological polar surface area (TPSA) is 54.5 Å². The SMILES string of the molecule is CC(=O)c1cccc(N2C(=O)[C@@H]3CC=C(Cl)C[C@H]3C2=O)c1. The molecule has 2 aliphatic rings. The number of Topliss-reactive ketones (excluding diaryl/α,β-unsaturated/α-hetero) is 1. The number of nitrogens with zero attached hydrogens (tertiary/aromatic N) is 1. The van der Waals surface area contributed by atoms with Crippen molar-refractivity contribution in [2.45, 2.75) is 19.8 Å². The van der Waals surface area contributed by atoms with Gasteiger partial charge in [-0.15, -0.1) is 0 Å². The second kappa shape index (κ2) is 5.11. The predicted molar refractivity (Wildman–Crippen MR) is 79.1 cm³/mol. The lowest BCUT2D eigenvalue weighted by molar-refractivity contribution is -0.122. The molecule has 0 radical (unpaired) electrons. The maximum atomic E-state index is 12.5. The summed E-state index contributed by atoms with van der Waals surface area (Å²) in [5, 5.41) is 0.636. The minimum absolute atomic E-state index is 0.0990. The maximum absolute atomic E-state index is 12.5. The van der Waals surface area contributed by atoms with Gasteiger partial charge in [0.15, 0.2) is 5.78 Å². The number of fused-ring (bicyclic) bond motifs is 1. The van der Waals surface area contributed by atoms with Crippen molar-refractivity contribution >= 4 is 34.9 Å². The number of halogens is 1. The summed E-state index contributed by atoms with van der Waals surface area (Å²) in [7, 11) is 0. The fraction of sp³-hybridized carbons (Fsp3) is 0.312. The Labute approximate surface area is 127 Å². The first-order valence-corrected chi connectivity index (χ1v) is 7.20. The van der Waals surface area contributed by atoms with Crippen LogP contribution in [0.5, 0.6) is 0 Å². The van der Waals surface area contributed by atoms with Gasteiger partial charge in [0, 0.05) is 10.6 Å². The van der Waals surface area contributed by atoms with Crippen LogP contribution < -0.4 is 4.90 Å². The van der Waals surface area contributed by atoms with Gasteiger partial charge in [0.25, 0.3) is 0 Å². The van der Waals surface area contributed by atoms with Crippen molar-refractivity contribution in [3.05, 3.63) is 40.9 Å². The van der Waals surface area contributed by atoms with Gasteiger partial charge in [-0.2, -0.15) is 0 Å². The van der Waals surface area contributed by atoms with Crippen molar-refractivity contribution < 1.29 is 14.4 Å². The molecule has 1 heterocycles. The van der Waals surface area contributed by atoms with E-state index in [1.807, 2.05) is 6.08 Å². The van der Waals surface area contributed by atoms with Crippen LogP contribution in [-0.4, -0.2) is 17.6 Å². The number of carbonyl (C=O) groups excluding carboxylic acids is 3. The Balaban J connectivity index is 1.97. The summed E-state index contributed by atoms with van der Waals surface area (Å²) in [6.07, 6.45) is 2.72. The first kappa shape index (κ1) is 14.0. The van der Waals surface area contributed by atoms with Gasteiger partial charge in [-0.25, -0.2) is 0 Å². The van der Waals surface area contributed by atoms with Crippen molar-refractivity contribution in [2.24, 2.45) is 11.8 Å². The molecule has 5 heteroatoms. The molecule has 1 aromatic rings. The zero-order chi connectivity index (χ0) is 15.1. The summed E-state index contributed by atoms with van der Waals surface area (Å²) >= 11 is 5.99. The molecule has 0 saturated carbocycles. The standard InChI is InChI=1S/C16H14ClNO3/c1-9(19)10-3-2-4-12(7-10)18-15(20)13-6-5-11(17)8-14(13)16(18)21/h2-5,7,13-14H,6,8H2,1H3/t13-,14-/m1/s1. The highest BCUT2D eigenvalue weighted by molar-refractivity contribution is 6.30. The van der Waals surface area contributed by atoms with Gasteiger partial charge in [0.2, 0.25) is 11.8 Å². The lowest BCUT2D eigenvalue weighted by Crippen LogP contribution is -2.31. The largest absolute Gasteiger partial charge is 0.295 e. The van der Waals surface area contributed by atoms with Crippen molar-refractivity contribution in [2.75, 3.05) is 4.90 Å². The molecule has 108 valence electrons. The highest BCUT2D eigenvalue weighted by Crippen LogP contribution is 2.40. The number of imide groups is 1. The van der Waals surface area contributed by atoms with Crippen molar-refractivity contribution in [3.8, 4) is 0 Å². The molecule has 0 aromatic heterocycles. The second-order valence-corrected chi connectivity index (χ2v) is 5.91. The number of hydrogen-bond acceptors (Lipinski definition) is 3. The van der Waals surface area contributed by atoms with Crippen LogP contribution in [0, 0.1) is 11.8 Å². The minimum Gasteiger partial charge on any atom is -0.295 e. The van der Waals surface area contributed by atoms with Gasteiger partial charge in [-0.05, 0) is 31.9 Å². The molecule has 4 nitrogen and oxygen atoms in total. The van der Waals surface area contributed by atoms with E-state index in [2.05, 4.69) is 0 Å². The molecule has 0 bridgehead atoms. The number of ketones is 1. The number of hydrogen-bond donors (Lipinski definition) is 0. The van der Waals surface area contributed by atoms with Crippen molar-refractivity contribution in [3.63, 3.8) is 0 Å². The molecular weight excluding hydrogens is 290 g/mol. The van der Waals surface area contributed by atoms with E-state index in [9.17, 15) is 14.4 Å². The predicted octanol–water partition coefficient (Wildman–Crippen LogP) is 2.91. The van der Waals surface area contributed by atoms with Crippen LogP contribution in [0.4, 0.5) is 5.69 Å². The second-order valence-electron chi connectivity index (χ2n) is 5.42. The Morgan fingerprint density at radius 3 is 2.67 bits per heavy atom. The Morgan fingerprint density at radius 2 is 1.95 bits per heavy atom. The van der Waals surface area contributed by atoms with Crippen LogP contribution >= 0.6 is 11.6 Å². The van der Waals surface area contributed by atoms with Gasteiger partial charge in [0.1, 0.15) is 0 Å². The first-order chi connectivity index (χ1) is 9.99. The third-order valence-electron chi connectivity index (χ3n) is 4.08. The molecule has 2 amide bonds. The number of benzene rings is 1. The van der Waals surface area contributed by atoms with Crippen LogP contribution in [0.3, 0.4) is 0 Å². The number of rotatable bonds is 2. The van der Waals surface area contributed by atoms with E-state index in [0.29, 0.717) is 29.1 Å². The number of allylic oxidation sites excluding steroid dienone is 2. The molecular formula is C16H14ClNO3. The fourth-order valence-electron chi connectivity index (χ4n) is 2.95. The average molecular weight is 304 g/mol. The van der Waals surface area contributed by atoms with Crippen LogP contribution in [0.1, 0.15) is 30.1 Å². The lowest BCUT2D eigenvalue weighted by atomic mass is 9.85. The highest BCUT2D eigenvalue weighted by Gasteiger charge is 2.48. The van der Waals surface area contributed by atoms with Crippen LogP contribution in [-0.2, 0) is 9.59 Å². The highest BCUT2D eigenvalue weighted by atomic mass is 35.5. The summed E-state index contributed by atoms with van der Waals surface area (Å²) in [4.78, 5) is 37.7. The molecule has 0 unspecified atom stereocenters. The molecule has 0 spiro atoms. The van der Waals surface area contributed by atoms with Crippen molar-refractivity contribution in [1.29, 1.82) is 0 Å². The third-order valence-corrected chi connectivity index (χ3v) is 4.39. The quantitative estimate of drug-likeness (QED) is 0.623.